The van der Waals surface area contributed by atoms with Crippen molar-refractivity contribution in [1.82, 2.24) is 15.0 Å². The van der Waals surface area contributed by atoms with Gasteiger partial charge in [-0.3, -0.25) is 4.79 Å². The van der Waals surface area contributed by atoms with Gasteiger partial charge in [-0.2, -0.15) is 0 Å². The fourth-order valence-electron chi connectivity index (χ4n) is 1.56. The average Bonchev–Trinajstić information content (AvgIpc) is 2.87. The van der Waals surface area contributed by atoms with E-state index in [4.69, 9.17) is 11.6 Å². The van der Waals surface area contributed by atoms with Crippen molar-refractivity contribution in [2.45, 2.75) is 6.92 Å². The maximum atomic E-state index is 11.3. The van der Waals surface area contributed by atoms with Gasteiger partial charge in [0.2, 0.25) is 0 Å². The van der Waals surface area contributed by atoms with E-state index in [1.807, 2.05) is 6.92 Å². The molecule has 0 atom stereocenters. The highest BCUT2D eigenvalue weighted by Crippen LogP contribution is 2.17. The number of hydrogen-bond donors (Lipinski definition) is 0. The lowest BCUT2D eigenvalue weighted by molar-refractivity contribution is 0.0594. The molecule has 6 nitrogen and oxygen atoms in total. The summed E-state index contributed by atoms with van der Waals surface area (Å²) in [5.74, 6) is -0.575. The molecule has 19 heavy (non-hydrogen) atoms. The summed E-state index contributed by atoms with van der Waals surface area (Å²) in [6.45, 7) is 1.84. The molecule has 2 aromatic rings. The summed E-state index contributed by atoms with van der Waals surface area (Å²) in [4.78, 5) is 22.5. The van der Waals surface area contributed by atoms with Crippen LogP contribution in [0.5, 0.6) is 0 Å². The number of esters is 1. The second-order valence-electron chi connectivity index (χ2n) is 3.81. The number of carbonyl (C=O) groups is 2. The van der Waals surface area contributed by atoms with E-state index in [0.717, 1.165) is 5.56 Å². The Labute approximate surface area is 113 Å². The Hall–Kier alpha value is -2.21. The lowest BCUT2D eigenvalue weighted by Gasteiger charge is -2.05. The molecule has 0 N–H and O–H groups in total. The van der Waals surface area contributed by atoms with Gasteiger partial charge in [-0.05, 0) is 36.2 Å². The molecular formula is C12H10ClN3O3. The van der Waals surface area contributed by atoms with E-state index in [9.17, 15) is 9.59 Å². The minimum absolute atomic E-state index is 0.0875. The first-order chi connectivity index (χ1) is 9.02. The molecular weight excluding hydrogens is 270 g/mol. The van der Waals surface area contributed by atoms with Gasteiger partial charge in [0.25, 0.3) is 5.24 Å². The van der Waals surface area contributed by atoms with Crippen molar-refractivity contribution in [3.05, 3.63) is 41.2 Å². The highest BCUT2D eigenvalue weighted by atomic mass is 35.5. The number of methoxy groups -OCH3 is 1. The second kappa shape index (κ2) is 5.19. The lowest BCUT2D eigenvalue weighted by atomic mass is 10.1. The zero-order chi connectivity index (χ0) is 14.0. The fraction of sp³-hybridized carbons (Fsp3) is 0.167. The zero-order valence-corrected chi connectivity index (χ0v) is 11.0. The van der Waals surface area contributed by atoms with E-state index in [0.29, 0.717) is 11.3 Å². The molecule has 0 aliphatic rings. The molecule has 0 spiro atoms. The Bertz CT molecular complexity index is 651. The van der Waals surface area contributed by atoms with Crippen LogP contribution in [0.1, 0.15) is 26.4 Å². The Kier molecular flexibility index (Phi) is 3.62. The van der Waals surface area contributed by atoms with Crippen molar-refractivity contribution in [3.8, 4) is 5.69 Å². The summed E-state index contributed by atoms with van der Waals surface area (Å²) >= 11 is 5.43. The molecule has 0 amide bonds. The molecule has 0 saturated carbocycles. The van der Waals surface area contributed by atoms with E-state index < -0.39 is 11.2 Å². The molecule has 0 bridgehead atoms. The number of ether oxygens (including phenoxy) is 1. The SMILES string of the molecule is COC(=O)c1cn(-c2cc(C(=O)Cl)ccc2C)nn1. The van der Waals surface area contributed by atoms with Crippen molar-refractivity contribution in [2.75, 3.05) is 7.11 Å². The molecule has 0 saturated heterocycles. The quantitative estimate of drug-likeness (QED) is 0.632. The summed E-state index contributed by atoms with van der Waals surface area (Å²) < 4.78 is 5.94. The van der Waals surface area contributed by atoms with Crippen LogP contribution in [0.25, 0.3) is 5.69 Å². The first-order valence-electron chi connectivity index (χ1n) is 5.34. The predicted molar refractivity (Wildman–Crippen MR) is 67.6 cm³/mol. The van der Waals surface area contributed by atoms with Gasteiger partial charge in [0, 0.05) is 5.56 Å². The first kappa shape index (κ1) is 13.2. The van der Waals surface area contributed by atoms with Crippen LogP contribution in [0.4, 0.5) is 0 Å². The van der Waals surface area contributed by atoms with E-state index in [1.54, 1.807) is 18.2 Å². The minimum atomic E-state index is -0.575. The van der Waals surface area contributed by atoms with Crippen molar-refractivity contribution < 1.29 is 14.3 Å². The number of hydrogen-bond acceptors (Lipinski definition) is 5. The van der Waals surface area contributed by atoms with Gasteiger partial charge in [-0.1, -0.05) is 11.3 Å². The molecule has 0 fully saturated rings. The fourth-order valence-corrected chi connectivity index (χ4v) is 1.68. The lowest BCUT2D eigenvalue weighted by Crippen LogP contribution is -2.02. The molecule has 1 heterocycles. The van der Waals surface area contributed by atoms with Crippen LogP contribution in [0.15, 0.2) is 24.4 Å². The van der Waals surface area contributed by atoms with Crippen LogP contribution in [0, 0.1) is 6.92 Å². The molecule has 0 aliphatic carbocycles. The van der Waals surface area contributed by atoms with Crippen LogP contribution in [-0.2, 0) is 4.74 Å². The maximum Gasteiger partial charge on any atom is 0.360 e. The predicted octanol–water partition coefficient (Wildman–Crippen LogP) is 1.74. The normalized spacial score (nSPS) is 10.3. The number of carbonyl (C=O) groups excluding carboxylic acids is 2. The number of rotatable bonds is 3. The highest BCUT2D eigenvalue weighted by molar-refractivity contribution is 6.67. The van der Waals surface area contributed by atoms with Crippen molar-refractivity contribution in [1.29, 1.82) is 0 Å². The summed E-state index contributed by atoms with van der Waals surface area (Å²) in [7, 11) is 1.26. The van der Waals surface area contributed by atoms with Gasteiger partial charge in [0.1, 0.15) is 0 Å². The molecule has 0 aliphatic heterocycles. The number of nitrogens with zero attached hydrogens (tertiary/aromatic N) is 3. The molecule has 0 radical (unpaired) electrons. The van der Waals surface area contributed by atoms with Crippen LogP contribution < -0.4 is 0 Å². The molecule has 0 unspecified atom stereocenters. The Morgan fingerprint density at radius 3 is 2.74 bits per heavy atom. The van der Waals surface area contributed by atoms with Crippen LogP contribution in [0.3, 0.4) is 0 Å². The third-order valence-corrected chi connectivity index (χ3v) is 2.79. The second-order valence-corrected chi connectivity index (χ2v) is 4.16. The van der Waals surface area contributed by atoms with Crippen molar-refractivity contribution in [2.24, 2.45) is 0 Å². The van der Waals surface area contributed by atoms with Gasteiger partial charge >= 0.3 is 5.97 Å². The molecule has 2 rings (SSSR count). The third kappa shape index (κ3) is 2.63. The Morgan fingerprint density at radius 1 is 1.37 bits per heavy atom. The number of aryl methyl sites for hydroxylation is 1. The van der Waals surface area contributed by atoms with Crippen LogP contribution in [-0.4, -0.2) is 33.3 Å². The zero-order valence-electron chi connectivity index (χ0n) is 10.3. The van der Waals surface area contributed by atoms with Crippen LogP contribution in [0.2, 0.25) is 0 Å². The third-order valence-electron chi connectivity index (χ3n) is 2.57. The van der Waals surface area contributed by atoms with Crippen molar-refractivity contribution >= 4 is 22.8 Å². The van der Waals surface area contributed by atoms with E-state index in [2.05, 4.69) is 15.0 Å². The smallest absolute Gasteiger partial charge is 0.360 e. The molecule has 1 aromatic carbocycles. The highest BCUT2D eigenvalue weighted by Gasteiger charge is 2.13. The van der Waals surface area contributed by atoms with Gasteiger partial charge < -0.3 is 4.74 Å². The molecule has 98 valence electrons. The summed E-state index contributed by atoms with van der Waals surface area (Å²) in [5, 5.41) is 6.97. The Morgan fingerprint density at radius 2 is 2.11 bits per heavy atom. The van der Waals surface area contributed by atoms with E-state index in [-0.39, 0.29) is 5.69 Å². The van der Waals surface area contributed by atoms with Crippen LogP contribution >= 0.6 is 11.6 Å². The largest absolute Gasteiger partial charge is 0.464 e. The van der Waals surface area contributed by atoms with Gasteiger partial charge in [0.15, 0.2) is 5.69 Å². The first-order valence-corrected chi connectivity index (χ1v) is 5.72. The number of benzene rings is 1. The number of halogens is 1. The monoisotopic (exact) mass is 279 g/mol. The summed E-state index contributed by atoms with van der Waals surface area (Å²) in [5.41, 5.74) is 1.92. The molecule has 7 heteroatoms. The van der Waals surface area contributed by atoms with Crippen molar-refractivity contribution in [3.63, 3.8) is 0 Å². The Balaban J connectivity index is 2.46. The van der Waals surface area contributed by atoms with E-state index >= 15 is 0 Å². The molecule has 1 aromatic heterocycles. The summed E-state index contributed by atoms with van der Waals surface area (Å²) in [6.07, 6.45) is 1.43. The maximum absolute atomic E-state index is 11.3. The number of aromatic nitrogens is 3. The van der Waals surface area contributed by atoms with Gasteiger partial charge in [-0.15, -0.1) is 5.10 Å². The summed E-state index contributed by atoms with van der Waals surface area (Å²) in [6, 6.07) is 4.94. The van der Waals surface area contributed by atoms with E-state index in [1.165, 1.54) is 18.0 Å². The van der Waals surface area contributed by atoms with Gasteiger partial charge in [0.05, 0.1) is 19.0 Å². The van der Waals surface area contributed by atoms with Gasteiger partial charge in [-0.25, -0.2) is 9.48 Å². The minimum Gasteiger partial charge on any atom is -0.464 e. The topological polar surface area (TPSA) is 74.1 Å². The standard InChI is InChI=1S/C12H10ClN3O3/c1-7-3-4-8(11(13)17)5-10(7)16-6-9(14-15-16)12(18)19-2/h3-6H,1-2H3. The average molecular weight is 280 g/mol.